The third-order valence-electron chi connectivity index (χ3n) is 10.9. The average molecular weight is 904 g/mol. The van der Waals surface area contributed by atoms with E-state index in [0.717, 1.165) is 16.4 Å². The molecular weight excluding hydrogens is 862 g/mol. The van der Waals surface area contributed by atoms with Gasteiger partial charge in [0.15, 0.2) is 14.7 Å². The van der Waals surface area contributed by atoms with E-state index in [4.69, 9.17) is 21.4 Å². The van der Waals surface area contributed by atoms with Crippen molar-refractivity contribution in [3.8, 4) is 16.9 Å². The highest BCUT2D eigenvalue weighted by Gasteiger charge is 2.35. The summed E-state index contributed by atoms with van der Waals surface area (Å²) in [6.07, 6.45) is 0.684. The van der Waals surface area contributed by atoms with Crippen LogP contribution >= 0.6 is 11.6 Å². The van der Waals surface area contributed by atoms with Gasteiger partial charge in [0.05, 0.1) is 63.4 Å². The smallest absolute Gasteiger partial charge is 0.354 e. The van der Waals surface area contributed by atoms with Gasteiger partial charge in [0.25, 0.3) is 15.7 Å². The Morgan fingerprint density at radius 2 is 1.63 bits per heavy atom. The number of aliphatic hydroxyl groups excluding tert-OH is 1. The van der Waals surface area contributed by atoms with E-state index in [9.17, 15) is 42.0 Å². The van der Waals surface area contributed by atoms with Crippen LogP contribution in [0.15, 0.2) is 88.7 Å². The van der Waals surface area contributed by atoms with Crippen LogP contribution in [0.1, 0.15) is 45.2 Å². The molecule has 0 atom stereocenters. The van der Waals surface area contributed by atoms with E-state index < -0.39 is 60.2 Å². The van der Waals surface area contributed by atoms with Crippen LogP contribution in [0.5, 0.6) is 5.75 Å². The van der Waals surface area contributed by atoms with E-state index in [1.807, 2.05) is 0 Å². The monoisotopic (exact) mass is 903 g/mol. The Morgan fingerprint density at radius 3 is 2.34 bits per heavy atom. The van der Waals surface area contributed by atoms with Crippen molar-refractivity contribution in [2.24, 2.45) is 21.1 Å². The second-order valence-corrected chi connectivity index (χ2v) is 19.0. The Labute approximate surface area is 361 Å². The molecule has 0 aliphatic rings. The van der Waals surface area contributed by atoms with E-state index in [-0.39, 0.29) is 45.1 Å². The van der Waals surface area contributed by atoms with Crippen LogP contribution in [0.25, 0.3) is 32.8 Å². The highest BCUT2D eigenvalue weighted by molar-refractivity contribution is 7.90. The topological polar surface area (TPSA) is 222 Å². The number of carbonyl (C=O) groups is 1. The third kappa shape index (κ3) is 7.93. The summed E-state index contributed by atoms with van der Waals surface area (Å²) in [6, 6.07) is 19.2. The normalized spacial score (nSPS) is 12.2. The molecule has 4 aromatic carbocycles. The molecule has 0 spiro atoms. The minimum absolute atomic E-state index is 0.120. The number of hydrogen-bond donors (Lipinski definition) is 2. The fourth-order valence-corrected chi connectivity index (χ4v) is 11.1. The number of rotatable bonds is 15. The number of aromatic hydroxyl groups is 1. The SMILES string of the molecule is COC(=O)c1c(CCCO)c2ccc(Cl)c(-c3c(CN(Cc4cc(CS(=O)(=O)c5cc(O)c6ccccc6c5)n(C)n4)S(=O)(=O)c4ccccc4[N+](=O)[O-])nn(C)c3C)c2n1C. The van der Waals surface area contributed by atoms with Gasteiger partial charge in [0.1, 0.15) is 11.4 Å². The molecule has 0 saturated heterocycles. The van der Waals surface area contributed by atoms with Gasteiger partial charge in [-0.25, -0.2) is 21.6 Å². The molecule has 2 N–H and O–H groups in total. The number of phenols is 1. The van der Waals surface area contributed by atoms with E-state index in [1.165, 1.54) is 49.2 Å². The van der Waals surface area contributed by atoms with Gasteiger partial charge < -0.3 is 19.5 Å². The second kappa shape index (κ2) is 17.0. The lowest BCUT2D eigenvalue weighted by Crippen LogP contribution is -2.31. The number of sulfone groups is 1. The van der Waals surface area contributed by atoms with Crippen LogP contribution in [-0.4, -0.2) is 80.1 Å². The van der Waals surface area contributed by atoms with Gasteiger partial charge in [-0.3, -0.25) is 19.5 Å². The first-order chi connectivity index (χ1) is 29.4. The summed E-state index contributed by atoms with van der Waals surface area (Å²) in [5.41, 5.74) is 2.68. The van der Waals surface area contributed by atoms with Crippen molar-refractivity contribution in [3.63, 3.8) is 0 Å². The number of benzene rings is 4. The van der Waals surface area contributed by atoms with Gasteiger partial charge in [-0.2, -0.15) is 14.5 Å². The Bertz CT molecular complexity index is 3160. The number of nitro benzene ring substituents is 1. The molecule has 0 unspecified atom stereocenters. The lowest BCUT2D eigenvalue weighted by atomic mass is 9.98. The summed E-state index contributed by atoms with van der Waals surface area (Å²) in [4.78, 5) is 23.9. The fourth-order valence-electron chi connectivity index (χ4n) is 7.86. The Balaban J connectivity index is 1.35. The number of phenolic OH excluding ortho intramolecular Hbond substituents is 1. The number of methoxy groups -OCH3 is 1. The lowest BCUT2D eigenvalue weighted by Gasteiger charge is -2.21. The maximum atomic E-state index is 14.8. The maximum Gasteiger partial charge on any atom is 0.354 e. The second-order valence-electron chi connectivity index (χ2n) is 14.7. The van der Waals surface area contributed by atoms with Crippen molar-refractivity contribution >= 4 is 64.8 Å². The largest absolute Gasteiger partial charge is 0.507 e. The molecule has 0 amide bonds. The number of carbonyl (C=O) groups excluding carboxylic acids is 1. The van der Waals surface area contributed by atoms with Gasteiger partial charge >= 0.3 is 5.97 Å². The van der Waals surface area contributed by atoms with Crippen LogP contribution in [0.2, 0.25) is 5.02 Å². The van der Waals surface area contributed by atoms with Crippen molar-refractivity contribution in [2.75, 3.05) is 13.7 Å². The minimum Gasteiger partial charge on any atom is -0.507 e. The third-order valence-corrected chi connectivity index (χ3v) is 14.7. The molecule has 62 heavy (non-hydrogen) atoms. The molecular formula is C42H42ClN7O10S2. The first-order valence-electron chi connectivity index (χ1n) is 19.1. The number of aryl methyl sites for hydroxylation is 4. The minimum atomic E-state index is -4.75. The molecule has 0 aliphatic carbocycles. The summed E-state index contributed by atoms with van der Waals surface area (Å²) in [5.74, 6) is -1.37. The Kier molecular flexibility index (Phi) is 12.0. The van der Waals surface area contributed by atoms with Gasteiger partial charge in [-0.15, -0.1) is 0 Å². The highest BCUT2D eigenvalue weighted by Crippen LogP contribution is 2.43. The zero-order valence-electron chi connectivity index (χ0n) is 34.2. The number of esters is 1. The van der Waals surface area contributed by atoms with Crippen LogP contribution in [0, 0.1) is 17.0 Å². The number of hydrogen-bond acceptors (Lipinski definition) is 12. The number of para-hydroxylation sites is 1. The van der Waals surface area contributed by atoms with Crippen molar-refractivity contribution in [1.82, 2.24) is 28.4 Å². The number of halogens is 1. The number of aromatic nitrogens is 5. The van der Waals surface area contributed by atoms with E-state index in [0.29, 0.717) is 56.9 Å². The molecule has 0 radical (unpaired) electrons. The predicted molar refractivity (Wildman–Crippen MR) is 231 cm³/mol. The zero-order valence-corrected chi connectivity index (χ0v) is 36.6. The van der Waals surface area contributed by atoms with Crippen LogP contribution < -0.4 is 0 Å². The predicted octanol–water partition coefficient (Wildman–Crippen LogP) is 6.12. The standard InChI is InChI=1S/C42H42ClN7O10S2/c1-25-38(39-33(43)17-16-32-31(13-10-18-51)41(42(53)60-5)46(2)40(32)39)34(45-47(25)3)23-49(62(58,59)37-15-9-8-14-35(37)50(54)55)22-27-20-28(48(4)44-27)24-61(56,57)29-19-26-11-6-7-12-30(26)36(52)21-29/h6-9,11-12,14-17,19-21,51-52H,10,13,18,22-24H2,1-5H3. The van der Waals surface area contributed by atoms with Gasteiger partial charge in [-0.1, -0.05) is 54.1 Å². The molecule has 324 valence electrons. The van der Waals surface area contributed by atoms with Gasteiger partial charge in [0, 0.05) is 61.4 Å². The molecule has 0 fully saturated rings. The summed E-state index contributed by atoms with van der Waals surface area (Å²) in [6.45, 7) is 0.688. The number of ether oxygens (including phenoxy) is 1. The van der Waals surface area contributed by atoms with Crippen molar-refractivity contribution in [3.05, 3.63) is 128 Å². The van der Waals surface area contributed by atoms with Crippen LogP contribution in [-0.2, 0) is 71.0 Å². The molecule has 3 heterocycles. The maximum absolute atomic E-state index is 14.8. The summed E-state index contributed by atoms with van der Waals surface area (Å²) in [5, 5.41) is 43.6. The van der Waals surface area contributed by atoms with E-state index >= 15 is 0 Å². The molecule has 20 heteroatoms. The number of nitrogens with zero attached hydrogens (tertiary/aromatic N) is 7. The zero-order chi connectivity index (χ0) is 44.8. The summed E-state index contributed by atoms with van der Waals surface area (Å²) in [7, 11) is -2.71. The molecule has 3 aromatic heterocycles. The molecule has 17 nitrogen and oxygen atoms in total. The first-order valence-corrected chi connectivity index (χ1v) is 22.6. The summed E-state index contributed by atoms with van der Waals surface area (Å²) < 4.78 is 67.7. The highest BCUT2D eigenvalue weighted by atomic mass is 35.5. The molecule has 0 bridgehead atoms. The number of fused-ring (bicyclic) bond motifs is 2. The van der Waals surface area contributed by atoms with E-state index in [2.05, 4.69) is 5.10 Å². The van der Waals surface area contributed by atoms with E-state index in [1.54, 1.807) is 66.7 Å². The van der Waals surface area contributed by atoms with Crippen molar-refractivity contribution in [2.45, 2.75) is 48.4 Å². The number of sulfonamides is 1. The fraction of sp³-hybridized carbons (Fsp3) is 0.262. The molecule has 0 aliphatic heterocycles. The van der Waals surface area contributed by atoms with Crippen LogP contribution in [0.4, 0.5) is 5.69 Å². The Morgan fingerprint density at radius 1 is 0.919 bits per heavy atom. The van der Waals surface area contributed by atoms with Crippen LogP contribution in [0.3, 0.4) is 0 Å². The van der Waals surface area contributed by atoms with Crippen molar-refractivity contribution in [1.29, 1.82) is 0 Å². The molecule has 7 rings (SSSR count). The Hall–Kier alpha value is -6.12. The lowest BCUT2D eigenvalue weighted by molar-refractivity contribution is -0.387. The quantitative estimate of drug-likeness (QED) is 0.0675. The van der Waals surface area contributed by atoms with Crippen molar-refractivity contribution < 1.29 is 41.5 Å². The molecule has 7 aromatic rings. The summed E-state index contributed by atoms with van der Waals surface area (Å²) >= 11 is 7.02. The average Bonchev–Trinajstić information content (AvgIpc) is 3.83. The van der Waals surface area contributed by atoms with Gasteiger partial charge in [0.2, 0.25) is 0 Å². The first kappa shape index (κ1) is 44.0. The number of nitro groups is 1. The molecule has 0 saturated carbocycles. The number of aliphatic hydroxyl groups is 1. The van der Waals surface area contributed by atoms with Gasteiger partial charge in [-0.05, 0) is 61.0 Å².